The van der Waals surface area contributed by atoms with Gasteiger partial charge in [-0.2, -0.15) is 0 Å². The standard InChI is InChI=1S/2C8H20N.C4H3Cl3O6/c2*1-5-9(6-2,7-3)8-4;5-3(12,1(8)9)4(6,13-7)2(10)11/h2*5-8H2,1-4H3;12H,(H,8,9)(H,10,11)/q2*+1;/p-2. The van der Waals surface area contributed by atoms with E-state index in [-0.39, 0.29) is 0 Å². The predicted molar refractivity (Wildman–Crippen MR) is 121 cm³/mol. The molecule has 8 nitrogen and oxygen atoms in total. The fourth-order valence-corrected chi connectivity index (χ4v) is 3.44. The zero-order chi connectivity index (χ0) is 25.5. The van der Waals surface area contributed by atoms with Crippen LogP contribution in [0.2, 0.25) is 0 Å². The molecule has 31 heavy (non-hydrogen) atoms. The minimum atomic E-state index is -3.55. The van der Waals surface area contributed by atoms with Crippen LogP contribution in [-0.2, 0) is 13.9 Å². The van der Waals surface area contributed by atoms with Crippen LogP contribution in [0.3, 0.4) is 0 Å². The highest BCUT2D eigenvalue weighted by Gasteiger charge is 2.53. The van der Waals surface area contributed by atoms with Crippen LogP contribution < -0.4 is 10.2 Å². The van der Waals surface area contributed by atoms with Gasteiger partial charge in [-0.1, -0.05) is 23.2 Å². The molecule has 0 saturated carbocycles. The van der Waals surface area contributed by atoms with Gasteiger partial charge in [-0.15, -0.1) is 0 Å². The van der Waals surface area contributed by atoms with Crippen LogP contribution in [0.25, 0.3) is 0 Å². The van der Waals surface area contributed by atoms with Crippen LogP contribution in [0.5, 0.6) is 0 Å². The lowest BCUT2D eigenvalue weighted by Crippen LogP contribution is -2.64. The van der Waals surface area contributed by atoms with E-state index in [1.807, 2.05) is 0 Å². The molecule has 2 unspecified atom stereocenters. The van der Waals surface area contributed by atoms with Crippen molar-refractivity contribution in [2.45, 2.75) is 65.5 Å². The fourth-order valence-electron chi connectivity index (χ4n) is 3.03. The molecular formula is C20H41Cl3N2O6. The van der Waals surface area contributed by atoms with E-state index in [1.54, 1.807) is 0 Å². The number of halogens is 3. The molecule has 0 rings (SSSR count). The predicted octanol–water partition coefficient (Wildman–Crippen LogP) is 1.28. The SMILES string of the molecule is CC[N+](CC)(CC)CC.CC[N+](CC)(CC)CC.O=C([O-])C(O)(Cl)C(Cl)(OCl)C(=O)[O-]. The summed E-state index contributed by atoms with van der Waals surface area (Å²) in [7, 11) is 0. The first kappa shape index (κ1) is 35.2. The summed E-state index contributed by atoms with van der Waals surface area (Å²) in [6, 6.07) is 0. The maximum Gasteiger partial charge on any atom is 0.249 e. The topological polar surface area (TPSA) is 110 Å². The Morgan fingerprint density at radius 1 is 0.710 bits per heavy atom. The molecule has 0 aromatic heterocycles. The molecule has 0 bridgehead atoms. The molecule has 11 heteroatoms. The molecule has 0 aliphatic rings. The molecule has 0 aliphatic heterocycles. The van der Waals surface area contributed by atoms with Gasteiger partial charge >= 0.3 is 0 Å². The second-order valence-electron chi connectivity index (χ2n) is 7.08. The van der Waals surface area contributed by atoms with E-state index >= 15 is 0 Å². The molecule has 0 heterocycles. The third-order valence-electron chi connectivity index (χ3n) is 6.43. The zero-order valence-electron chi connectivity index (χ0n) is 20.2. The number of aliphatic hydroxyl groups is 1. The number of carbonyl (C=O) groups excluding carboxylic acids is 2. The Kier molecular flexibility index (Phi) is 18.5. The molecule has 0 saturated heterocycles. The van der Waals surface area contributed by atoms with E-state index in [0.717, 1.165) is 0 Å². The molecule has 0 radical (unpaired) electrons. The molecule has 188 valence electrons. The largest absolute Gasteiger partial charge is 0.545 e. The normalized spacial score (nSPS) is 15.4. The van der Waals surface area contributed by atoms with Crippen LogP contribution in [0.4, 0.5) is 0 Å². The molecule has 0 spiro atoms. The van der Waals surface area contributed by atoms with Crippen molar-refractivity contribution < 1.29 is 38.2 Å². The Morgan fingerprint density at radius 2 is 0.935 bits per heavy atom. The van der Waals surface area contributed by atoms with E-state index in [1.165, 1.54) is 61.3 Å². The first-order chi connectivity index (χ1) is 14.2. The van der Waals surface area contributed by atoms with Crippen LogP contribution in [0.15, 0.2) is 0 Å². The number of hydrogen-bond donors (Lipinski definition) is 1. The Bertz CT molecular complexity index is 460. The number of quaternary nitrogens is 2. The number of aliphatic carboxylic acids is 2. The second-order valence-corrected chi connectivity index (χ2v) is 8.32. The molecular weight excluding hydrogens is 471 g/mol. The Labute approximate surface area is 203 Å². The number of alkyl halides is 2. The first-order valence-corrected chi connectivity index (χ1v) is 11.8. The zero-order valence-corrected chi connectivity index (χ0v) is 22.4. The number of rotatable bonds is 12. The van der Waals surface area contributed by atoms with Gasteiger partial charge in [-0.05, 0) is 55.4 Å². The van der Waals surface area contributed by atoms with Crippen molar-refractivity contribution in [2.75, 3.05) is 52.4 Å². The van der Waals surface area contributed by atoms with Gasteiger partial charge in [0.15, 0.2) is 0 Å². The highest BCUT2D eigenvalue weighted by atomic mass is 35.5. The number of hydrogen-bond acceptors (Lipinski definition) is 6. The van der Waals surface area contributed by atoms with E-state index in [4.69, 9.17) is 28.3 Å². The van der Waals surface area contributed by atoms with Gasteiger partial charge in [0.05, 0.1) is 76.2 Å². The van der Waals surface area contributed by atoms with E-state index in [0.29, 0.717) is 0 Å². The number of carboxylic acid groups (broad SMARTS) is 2. The summed E-state index contributed by atoms with van der Waals surface area (Å²) >= 11 is 14.3. The lowest BCUT2D eigenvalue weighted by molar-refractivity contribution is -0.921. The van der Waals surface area contributed by atoms with Crippen molar-refractivity contribution in [2.24, 2.45) is 0 Å². The molecule has 0 aromatic carbocycles. The lowest BCUT2D eigenvalue weighted by Gasteiger charge is -2.36. The van der Waals surface area contributed by atoms with Crippen LogP contribution in [-0.4, -0.2) is 88.5 Å². The maximum atomic E-state index is 10.2. The monoisotopic (exact) mass is 510 g/mol. The molecule has 0 aliphatic carbocycles. The molecule has 1 N–H and O–H groups in total. The Balaban J connectivity index is -0.000000390. The van der Waals surface area contributed by atoms with Gasteiger partial charge in [0.25, 0.3) is 0 Å². The van der Waals surface area contributed by atoms with E-state index < -0.39 is 22.1 Å². The average molecular weight is 512 g/mol. The highest BCUT2D eigenvalue weighted by Crippen LogP contribution is 2.35. The summed E-state index contributed by atoms with van der Waals surface area (Å²) in [6.45, 7) is 28.4. The van der Waals surface area contributed by atoms with Crippen molar-refractivity contribution in [3.05, 3.63) is 0 Å². The second kappa shape index (κ2) is 16.3. The van der Waals surface area contributed by atoms with Crippen LogP contribution in [0.1, 0.15) is 55.4 Å². The van der Waals surface area contributed by atoms with Crippen LogP contribution in [0, 0.1) is 0 Å². The van der Waals surface area contributed by atoms with Crippen molar-refractivity contribution in [3.63, 3.8) is 0 Å². The highest BCUT2D eigenvalue weighted by molar-refractivity contribution is 6.46. The van der Waals surface area contributed by atoms with Gasteiger partial charge in [-0.3, -0.25) is 0 Å². The number of carbonyl (C=O) groups is 2. The average Bonchev–Trinajstić information content (AvgIpc) is 2.77. The quantitative estimate of drug-likeness (QED) is 0.312. The molecule has 2 atom stereocenters. The summed E-state index contributed by atoms with van der Waals surface area (Å²) in [5.41, 5.74) is 0. The van der Waals surface area contributed by atoms with Gasteiger partial charge in [0.1, 0.15) is 0 Å². The smallest absolute Gasteiger partial charge is 0.249 e. The minimum Gasteiger partial charge on any atom is -0.545 e. The lowest BCUT2D eigenvalue weighted by atomic mass is 10.2. The summed E-state index contributed by atoms with van der Waals surface area (Å²) in [6.07, 6.45) is 0. The van der Waals surface area contributed by atoms with Crippen molar-refractivity contribution in [1.82, 2.24) is 0 Å². The van der Waals surface area contributed by atoms with Gasteiger partial charge < -0.3 is 33.9 Å². The molecule has 0 fully saturated rings. The van der Waals surface area contributed by atoms with Crippen molar-refractivity contribution in [3.8, 4) is 0 Å². The van der Waals surface area contributed by atoms with Crippen LogP contribution >= 0.6 is 35.1 Å². The summed E-state index contributed by atoms with van der Waals surface area (Å²) in [4.78, 5) is 20.3. The van der Waals surface area contributed by atoms with E-state index in [2.05, 4.69) is 71.5 Å². The molecule has 0 amide bonds. The van der Waals surface area contributed by atoms with Crippen molar-refractivity contribution in [1.29, 1.82) is 0 Å². The summed E-state index contributed by atoms with van der Waals surface area (Å²) < 4.78 is 6.05. The number of carboxylic acids is 2. The van der Waals surface area contributed by atoms with Gasteiger partial charge in [0, 0.05) is 0 Å². The van der Waals surface area contributed by atoms with Gasteiger partial charge in [0.2, 0.25) is 10.1 Å². The fraction of sp³-hybridized carbons (Fsp3) is 0.900. The maximum absolute atomic E-state index is 10.2. The minimum absolute atomic E-state index is 1.28. The van der Waals surface area contributed by atoms with Crippen molar-refractivity contribution >= 4 is 47.0 Å². The third-order valence-corrected chi connectivity index (χ3v) is 7.76. The Morgan fingerprint density at radius 3 is 0.968 bits per heavy atom. The van der Waals surface area contributed by atoms with Gasteiger partial charge in [-0.25, -0.2) is 4.29 Å². The first-order valence-electron chi connectivity index (χ1n) is 10.7. The summed E-state index contributed by atoms with van der Waals surface area (Å²) in [5.74, 6) is -4.72. The Hall–Kier alpha value is -0.350. The summed E-state index contributed by atoms with van der Waals surface area (Å²) in [5, 5.41) is 22.3. The third kappa shape index (κ3) is 9.98. The number of nitrogens with zero attached hydrogens (tertiary/aromatic N) is 2. The van der Waals surface area contributed by atoms with E-state index in [9.17, 15) is 19.8 Å². The molecule has 0 aromatic rings.